The second kappa shape index (κ2) is 18.0. The first kappa shape index (κ1) is 35.6. The van der Waals surface area contributed by atoms with Crippen LogP contribution in [0.1, 0.15) is 19.8 Å². The van der Waals surface area contributed by atoms with Crippen LogP contribution in [0.3, 0.4) is 0 Å². The predicted molar refractivity (Wildman–Crippen MR) is 151 cm³/mol. The highest BCUT2D eigenvalue weighted by molar-refractivity contribution is 6.87. The van der Waals surface area contributed by atoms with Crippen molar-refractivity contribution in [3.05, 3.63) is 12.2 Å². The number of esters is 1. The molecule has 0 rings (SSSR count). The predicted octanol–water partition coefficient (Wildman–Crippen LogP) is 3.35. The Bertz CT molecular complexity index is 634. The summed E-state index contributed by atoms with van der Waals surface area (Å²) in [4.78, 5) is 13.2. The Kier molecular flexibility index (Phi) is 17.8. The normalized spacial score (nSPS) is 13.8. The molecule has 0 fully saturated rings. The van der Waals surface area contributed by atoms with Crippen molar-refractivity contribution in [2.24, 2.45) is 0 Å². The third-order valence-electron chi connectivity index (χ3n) is 5.30. The molecule has 0 amide bonds. The minimum Gasteiger partial charge on any atom is -0.460 e. The largest absolute Gasteiger partial charge is 0.460 e. The minimum atomic E-state index is -2.28. The Hall–Kier alpha value is -0.419. The minimum absolute atomic E-state index is 0.0810. The molecule has 214 valence electrons. The molecule has 0 saturated heterocycles. The molecule has 0 aromatic heterocycles. The van der Waals surface area contributed by atoms with E-state index >= 15 is 0 Å². The van der Waals surface area contributed by atoms with E-state index in [-0.39, 0.29) is 19.2 Å². The van der Waals surface area contributed by atoms with Crippen LogP contribution in [0.2, 0.25) is 51.4 Å². The molecule has 9 nitrogen and oxygen atoms in total. The van der Waals surface area contributed by atoms with E-state index in [0.717, 1.165) is 24.9 Å². The standard InChI is InChI=1S/C24H53NO8Si3/c1-22(2)24(28)31-17-16-29-14-10-18-34(4,5)32-36(8,9)33-35(6,7)19-11-15-30-21-23(27)20-25(3)12-13-26/h23,26-27H,1,10-21H2,2-9H3. The average molecular weight is 568 g/mol. The van der Waals surface area contributed by atoms with Gasteiger partial charge in [-0.25, -0.2) is 4.79 Å². The molecule has 0 radical (unpaired) electrons. The van der Waals surface area contributed by atoms with Crippen LogP contribution in [0.25, 0.3) is 0 Å². The summed E-state index contributed by atoms with van der Waals surface area (Å²) < 4.78 is 29.5. The lowest BCUT2D eigenvalue weighted by Crippen LogP contribution is -2.52. The van der Waals surface area contributed by atoms with Gasteiger partial charge >= 0.3 is 14.5 Å². The third-order valence-corrected chi connectivity index (χ3v) is 16.8. The number of carbonyl (C=O) groups is 1. The van der Waals surface area contributed by atoms with E-state index in [1.54, 1.807) is 6.92 Å². The van der Waals surface area contributed by atoms with Crippen LogP contribution >= 0.6 is 0 Å². The van der Waals surface area contributed by atoms with Crippen molar-refractivity contribution in [2.45, 2.75) is 77.2 Å². The van der Waals surface area contributed by atoms with E-state index in [9.17, 15) is 9.90 Å². The highest BCUT2D eigenvalue weighted by Gasteiger charge is 2.39. The van der Waals surface area contributed by atoms with Gasteiger partial charge in [-0.1, -0.05) is 6.58 Å². The fraction of sp³-hybridized carbons (Fsp3) is 0.875. The Morgan fingerprint density at radius 3 is 1.94 bits per heavy atom. The van der Waals surface area contributed by atoms with Crippen LogP contribution in [0.15, 0.2) is 12.2 Å². The number of rotatable bonds is 22. The Labute approximate surface area is 222 Å². The van der Waals surface area contributed by atoms with E-state index < -0.39 is 31.3 Å². The van der Waals surface area contributed by atoms with Gasteiger partial charge in [0.15, 0.2) is 16.6 Å². The maximum absolute atomic E-state index is 11.3. The maximum Gasteiger partial charge on any atom is 0.333 e. The summed E-state index contributed by atoms with van der Waals surface area (Å²) in [5.74, 6) is -0.385. The summed E-state index contributed by atoms with van der Waals surface area (Å²) >= 11 is 0. The molecule has 0 saturated carbocycles. The Balaban J connectivity index is 4.19. The van der Waals surface area contributed by atoms with Crippen molar-refractivity contribution in [1.82, 2.24) is 4.90 Å². The fourth-order valence-electron chi connectivity index (χ4n) is 3.97. The first-order chi connectivity index (χ1) is 16.6. The first-order valence-electron chi connectivity index (χ1n) is 12.9. The Morgan fingerprint density at radius 2 is 1.44 bits per heavy atom. The highest BCUT2D eigenvalue weighted by atomic mass is 28.5. The van der Waals surface area contributed by atoms with Gasteiger partial charge in [0, 0.05) is 31.9 Å². The number of carbonyl (C=O) groups excluding carboxylic acids is 1. The van der Waals surface area contributed by atoms with Crippen molar-refractivity contribution in [3.63, 3.8) is 0 Å². The smallest absolute Gasteiger partial charge is 0.333 e. The SMILES string of the molecule is C=C(C)C(=O)OCCOCCC[Si](C)(C)O[Si](C)(C)O[Si](C)(C)CCCOCC(O)CN(C)CCO. The topological polar surface area (TPSA) is 107 Å². The number of aliphatic hydroxyl groups excluding tert-OH is 2. The lowest BCUT2D eigenvalue weighted by atomic mass is 10.3. The zero-order valence-electron chi connectivity index (χ0n) is 24.1. The quantitative estimate of drug-likeness (QED) is 0.0881. The number of hydrogen-bond donors (Lipinski definition) is 2. The molecular formula is C24H53NO8Si3. The van der Waals surface area contributed by atoms with E-state index in [1.807, 2.05) is 11.9 Å². The zero-order chi connectivity index (χ0) is 27.8. The van der Waals surface area contributed by atoms with Gasteiger partial charge in [-0.05, 0) is 78.2 Å². The molecule has 1 atom stereocenters. The van der Waals surface area contributed by atoms with Gasteiger partial charge in [0.05, 0.1) is 25.9 Å². The molecule has 36 heavy (non-hydrogen) atoms. The van der Waals surface area contributed by atoms with Gasteiger partial charge in [0.25, 0.3) is 0 Å². The molecule has 1 unspecified atom stereocenters. The molecule has 12 heteroatoms. The maximum atomic E-state index is 11.3. The lowest BCUT2D eigenvalue weighted by molar-refractivity contribution is -0.140. The summed E-state index contributed by atoms with van der Waals surface area (Å²) in [6.45, 7) is 21.6. The van der Waals surface area contributed by atoms with Crippen molar-refractivity contribution < 1.29 is 37.4 Å². The molecular weight excluding hydrogens is 515 g/mol. The van der Waals surface area contributed by atoms with Crippen molar-refractivity contribution in [3.8, 4) is 0 Å². The van der Waals surface area contributed by atoms with E-state index in [2.05, 4.69) is 45.9 Å². The molecule has 2 N–H and O–H groups in total. The van der Waals surface area contributed by atoms with Crippen LogP contribution in [0, 0.1) is 0 Å². The van der Waals surface area contributed by atoms with Gasteiger partial charge in [0.1, 0.15) is 6.61 Å². The van der Waals surface area contributed by atoms with Crippen LogP contribution in [-0.4, -0.2) is 112 Å². The summed E-state index contributed by atoms with van der Waals surface area (Å²) in [6.07, 6.45) is 1.24. The molecule has 0 bridgehead atoms. The number of ether oxygens (including phenoxy) is 3. The molecule has 0 aromatic carbocycles. The average Bonchev–Trinajstić information content (AvgIpc) is 2.70. The molecule has 0 aromatic rings. The molecule has 0 aliphatic carbocycles. The van der Waals surface area contributed by atoms with E-state index in [4.69, 9.17) is 27.5 Å². The number of hydrogen-bond acceptors (Lipinski definition) is 9. The second-order valence-electron chi connectivity index (χ2n) is 11.1. The van der Waals surface area contributed by atoms with Gasteiger partial charge in [0.2, 0.25) is 0 Å². The third kappa shape index (κ3) is 19.7. The van der Waals surface area contributed by atoms with Gasteiger partial charge in [-0.15, -0.1) is 0 Å². The number of nitrogens with zero attached hydrogens (tertiary/aromatic N) is 1. The second-order valence-corrected chi connectivity index (χ2v) is 23.5. The summed E-state index contributed by atoms with van der Waals surface area (Å²) in [5, 5.41) is 18.9. The zero-order valence-corrected chi connectivity index (χ0v) is 27.1. The van der Waals surface area contributed by atoms with Crippen LogP contribution in [-0.2, 0) is 27.2 Å². The van der Waals surface area contributed by atoms with Crippen molar-refractivity contribution in [1.29, 1.82) is 0 Å². The molecule has 0 aliphatic rings. The summed E-state index contributed by atoms with van der Waals surface area (Å²) in [5.41, 5.74) is 0.391. The van der Waals surface area contributed by atoms with Gasteiger partial charge < -0.3 is 37.6 Å². The first-order valence-corrected chi connectivity index (χ1v) is 22.0. The molecule has 0 aliphatic heterocycles. The fourth-order valence-corrected chi connectivity index (χ4v) is 18.0. The monoisotopic (exact) mass is 567 g/mol. The molecule has 0 spiro atoms. The molecule has 0 heterocycles. The summed E-state index contributed by atoms with van der Waals surface area (Å²) in [7, 11) is -4.24. The number of aliphatic hydroxyl groups is 2. The van der Waals surface area contributed by atoms with Gasteiger partial charge in [-0.2, -0.15) is 0 Å². The van der Waals surface area contributed by atoms with Gasteiger partial charge in [-0.3, -0.25) is 0 Å². The van der Waals surface area contributed by atoms with Crippen LogP contribution in [0.5, 0.6) is 0 Å². The highest BCUT2D eigenvalue weighted by Crippen LogP contribution is 2.26. The van der Waals surface area contributed by atoms with Crippen LogP contribution < -0.4 is 0 Å². The van der Waals surface area contributed by atoms with Crippen molar-refractivity contribution >= 4 is 31.2 Å². The van der Waals surface area contributed by atoms with Crippen molar-refractivity contribution in [2.75, 3.05) is 59.8 Å². The number of likely N-dealkylation sites (N-methyl/N-ethyl adjacent to an activating group) is 1. The van der Waals surface area contributed by atoms with Crippen LogP contribution in [0.4, 0.5) is 0 Å². The van der Waals surface area contributed by atoms with E-state index in [0.29, 0.717) is 45.1 Å². The lowest BCUT2D eigenvalue weighted by Gasteiger charge is -2.38. The van der Waals surface area contributed by atoms with E-state index in [1.165, 1.54) is 0 Å². The Morgan fingerprint density at radius 1 is 0.917 bits per heavy atom. The summed E-state index contributed by atoms with van der Waals surface area (Å²) in [6, 6.07) is 1.95.